The van der Waals surface area contributed by atoms with Gasteiger partial charge in [-0.3, -0.25) is 5.41 Å². The van der Waals surface area contributed by atoms with E-state index < -0.39 is 16.3 Å². The van der Waals surface area contributed by atoms with E-state index in [1.165, 1.54) is 11.4 Å². The summed E-state index contributed by atoms with van der Waals surface area (Å²) in [6.45, 7) is 0.949. The van der Waals surface area contributed by atoms with E-state index in [1.807, 2.05) is 0 Å². The molecule has 0 bridgehead atoms. The first-order valence-corrected chi connectivity index (χ1v) is 7.02. The van der Waals surface area contributed by atoms with E-state index in [0.717, 1.165) is 12.8 Å². The minimum atomic E-state index is -3.57. The number of methoxy groups -OCH3 is 1. The van der Waals surface area contributed by atoms with Gasteiger partial charge in [-0.1, -0.05) is 6.42 Å². The van der Waals surface area contributed by atoms with E-state index in [4.69, 9.17) is 15.9 Å². The van der Waals surface area contributed by atoms with E-state index >= 15 is 0 Å². The van der Waals surface area contributed by atoms with Crippen molar-refractivity contribution < 1.29 is 13.2 Å². The highest BCUT2D eigenvalue weighted by Gasteiger charge is 2.33. The highest BCUT2D eigenvalue weighted by Crippen LogP contribution is 2.19. The summed E-state index contributed by atoms with van der Waals surface area (Å²) < 4.78 is 32.5. The molecule has 17 heavy (non-hydrogen) atoms. The summed E-state index contributed by atoms with van der Waals surface area (Å²) in [6.07, 6.45) is 2.31. The Balaban J connectivity index is 2.69. The Morgan fingerprint density at radius 1 is 1.59 bits per heavy atom. The van der Waals surface area contributed by atoms with Gasteiger partial charge < -0.3 is 10.5 Å². The molecule has 0 spiro atoms. The van der Waals surface area contributed by atoms with Crippen molar-refractivity contribution in [2.24, 2.45) is 5.73 Å². The number of rotatable bonds is 6. The monoisotopic (exact) mass is 264 g/mol. The number of nitrogens with one attached hydrogen (secondary N) is 2. The summed E-state index contributed by atoms with van der Waals surface area (Å²) in [6, 6.07) is -0.510. The Hall–Kier alpha value is -0.700. The number of nitrogens with two attached hydrogens (primary N) is 1. The van der Waals surface area contributed by atoms with Crippen LogP contribution in [0.15, 0.2) is 0 Å². The zero-order valence-electron chi connectivity index (χ0n) is 9.98. The van der Waals surface area contributed by atoms with Crippen LogP contribution in [0.3, 0.4) is 0 Å². The van der Waals surface area contributed by atoms with Crippen molar-refractivity contribution in [1.82, 2.24) is 9.03 Å². The number of ether oxygens (including phenoxy) is 1. The van der Waals surface area contributed by atoms with Crippen LogP contribution in [0.4, 0.5) is 0 Å². The fraction of sp³-hybridized carbons (Fsp3) is 0.889. The molecular formula is C9H20N4O3S. The second-order valence-corrected chi connectivity index (χ2v) is 5.68. The molecule has 0 aromatic carbocycles. The Labute approximate surface area is 102 Å². The average molecular weight is 264 g/mol. The number of amidine groups is 1. The van der Waals surface area contributed by atoms with Crippen LogP contribution in [0, 0.1) is 5.41 Å². The molecule has 100 valence electrons. The molecule has 8 heteroatoms. The van der Waals surface area contributed by atoms with Crippen molar-refractivity contribution in [3.05, 3.63) is 0 Å². The summed E-state index contributed by atoms with van der Waals surface area (Å²) in [7, 11) is -2.06. The molecule has 0 aromatic rings. The second-order valence-electron chi connectivity index (χ2n) is 3.97. The summed E-state index contributed by atoms with van der Waals surface area (Å²) in [5, 5.41) is 7.43. The molecule has 1 rings (SSSR count). The first kappa shape index (κ1) is 14.4. The number of piperidine rings is 1. The normalized spacial score (nSPS) is 22.5. The van der Waals surface area contributed by atoms with E-state index in [-0.39, 0.29) is 12.4 Å². The quantitative estimate of drug-likeness (QED) is 0.333. The largest absolute Gasteiger partial charge is 0.386 e. The predicted octanol–water partition coefficient (Wildman–Crippen LogP) is -0.742. The van der Waals surface area contributed by atoms with E-state index in [9.17, 15) is 8.42 Å². The highest BCUT2D eigenvalue weighted by atomic mass is 32.2. The van der Waals surface area contributed by atoms with Crippen molar-refractivity contribution in [2.45, 2.75) is 25.3 Å². The maximum Gasteiger partial charge on any atom is 0.280 e. The summed E-state index contributed by atoms with van der Waals surface area (Å²) >= 11 is 0. The van der Waals surface area contributed by atoms with Gasteiger partial charge in [0, 0.05) is 20.2 Å². The van der Waals surface area contributed by atoms with Crippen molar-refractivity contribution >= 4 is 16.0 Å². The Morgan fingerprint density at radius 2 is 2.29 bits per heavy atom. The third-order valence-electron chi connectivity index (χ3n) is 2.71. The van der Waals surface area contributed by atoms with Crippen molar-refractivity contribution in [3.8, 4) is 0 Å². The van der Waals surface area contributed by atoms with Crippen LogP contribution in [0.5, 0.6) is 0 Å². The molecule has 1 saturated heterocycles. The molecule has 0 saturated carbocycles. The van der Waals surface area contributed by atoms with Crippen molar-refractivity contribution in [2.75, 3.05) is 26.8 Å². The van der Waals surface area contributed by atoms with Gasteiger partial charge in [-0.2, -0.15) is 17.4 Å². The molecule has 7 nitrogen and oxygen atoms in total. The van der Waals surface area contributed by atoms with Crippen LogP contribution in [-0.2, 0) is 14.9 Å². The van der Waals surface area contributed by atoms with Gasteiger partial charge in [0.2, 0.25) is 0 Å². The average Bonchev–Trinajstić information content (AvgIpc) is 2.29. The predicted molar refractivity (Wildman–Crippen MR) is 65.1 cm³/mol. The van der Waals surface area contributed by atoms with Gasteiger partial charge in [0.05, 0.1) is 12.6 Å². The van der Waals surface area contributed by atoms with Crippen LogP contribution in [-0.4, -0.2) is 51.4 Å². The standard InChI is InChI=1S/C9H20N4O3S/c1-16-7-5-12-17(14,15)13-6-3-2-4-8(13)9(10)11/h8,12H,2-7H2,1H3,(H3,10,11). The number of hydrogen-bond acceptors (Lipinski definition) is 4. The molecule has 1 fully saturated rings. The molecule has 1 heterocycles. The molecule has 1 aliphatic heterocycles. The van der Waals surface area contributed by atoms with Gasteiger partial charge in [0.15, 0.2) is 0 Å². The van der Waals surface area contributed by atoms with Gasteiger partial charge in [0.25, 0.3) is 10.2 Å². The van der Waals surface area contributed by atoms with Crippen LogP contribution in [0.25, 0.3) is 0 Å². The zero-order valence-corrected chi connectivity index (χ0v) is 10.8. The SMILES string of the molecule is COCCNS(=O)(=O)N1CCCCC1C(=N)N. The molecule has 0 radical (unpaired) electrons. The lowest BCUT2D eigenvalue weighted by Crippen LogP contribution is -2.54. The van der Waals surface area contributed by atoms with Gasteiger partial charge in [-0.05, 0) is 12.8 Å². The van der Waals surface area contributed by atoms with E-state index in [2.05, 4.69) is 4.72 Å². The highest BCUT2D eigenvalue weighted by molar-refractivity contribution is 7.87. The Bertz CT molecular complexity index is 357. The van der Waals surface area contributed by atoms with Crippen molar-refractivity contribution in [1.29, 1.82) is 5.41 Å². The fourth-order valence-corrected chi connectivity index (χ4v) is 3.29. The van der Waals surface area contributed by atoms with Crippen molar-refractivity contribution in [3.63, 3.8) is 0 Å². The number of nitrogens with zero attached hydrogens (tertiary/aromatic N) is 1. The molecule has 1 aliphatic rings. The number of hydrogen-bond donors (Lipinski definition) is 3. The van der Waals surface area contributed by atoms with E-state index in [1.54, 1.807) is 0 Å². The maximum atomic E-state index is 12.0. The molecule has 0 aliphatic carbocycles. The molecule has 4 N–H and O–H groups in total. The van der Waals surface area contributed by atoms with Crippen LogP contribution >= 0.6 is 0 Å². The lowest BCUT2D eigenvalue weighted by Gasteiger charge is -2.33. The lowest BCUT2D eigenvalue weighted by atomic mass is 10.0. The van der Waals surface area contributed by atoms with Gasteiger partial charge in [0.1, 0.15) is 5.84 Å². The zero-order chi connectivity index (χ0) is 12.9. The van der Waals surface area contributed by atoms with Gasteiger partial charge in [-0.15, -0.1) is 0 Å². The molecular weight excluding hydrogens is 244 g/mol. The molecule has 0 amide bonds. The summed E-state index contributed by atoms with van der Waals surface area (Å²) in [5.74, 6) is -0.0955. The van der Waals surface area contributed by atoms with Crippen LogP contribution < -0.4 is 10.5 Å². The minimum absolute atomic E-state index is 0.0955. The third kappa shape index (κ3) is 3.91. The third-order valence-corrected chi connectivity index (χ3v) is 4.34. The Kier molecular flexibility index (Phi) is 5.31. The minimum Gasteiger partial charge on any atom is -0.386 e. The first-order chi connectivity index (χ1) is 7.99. The maximum absolute atomic E-state index is 12.0. The lowest BCUT2D eigenvalue weighted by molar-refractivity contribution is 0.203. The molecule has 1 atom stereocenters. The molecule has 0 aromatic heterocycles. The summed E-state index contributed by atoms with van der Waals surface area (Å²) in [4.78, 5) is 0. The smallest absolute Gasteiger partial charge is 0.280 e. The summed E-state index contributed by atoms with van der Waals surface area (Å²) in [5.41, 5.74) is 5.43. The van der Waals surface area contributed by atoms with E-state index in [0.29, 0.717) is 19.6 Å². The first-order valence-electron chi connectivity index (χ1n) is 5.58. The van der Waals surface area contributed by atoms with Gasteiger partial charge in [-0.25, -0.2) is 0 Å². The van der Waals surface area contributed by atoms with Crippen LogP contribution in [0.1, 0.15) is 19.3 Å². The van der Waals surface area contributed by atoms with Crippen LogP contribution in [0.2, 0.25) is 0 Å². The fourth-order valence-electron chi connectivity index (χ4n) is 1.86. The molecule has 1 unspecified atom stereocenters. The Morgan fingerprint density at radius 3 is 2.88 bits per heavy atom. The van der Waals surface area contributed by atoms with Gasteiger partial charge >= 0.3 is 0 Å². The second kappa shape index (κ2) is 6.29. The topological polar surface area (TPSA) is 109 Å².